The fraction of sp³-hybridized carbons (Fsp3) is 0.765. The fourth-order valence-corrected chi connectivity index (χ4v) is 4.19. The van der Waals surface area contributed by atoms with Gasteiger partial charge < -0.3 is 5.73 Å². The number of hydrogen-bond donors (Lipinski definition) is 1. The topological polar surface area (TPSA) is 29.3 Å². The Kier molecular flexibility index (Phi) is 6.06. The number of nitrogens with two attached hydrogens (primary N) is 1. The molecule has 0 bridgehead atoms. The first-order valence-corrected chi connectivity index (χ1v) is 9.11. The minimum absolute atomic E-state index is 0.240. The Hall–Kier alpha value is -0.380. The average molecular weight is 295 g/mol. The first-order chi connectivity index (χ1) is 9.63. The summed E-state index contributed by atoms with van der Waals surface area (Å²) in [5.74, 6) is 0.695. The Morgan fingerprint density at radius 1 is 1.35 bits per heavy atom. The van der Waals surface area contributed by atoms with Gasteiger partial charge in [0.05, 0.1) is 6.04 Å². The third-order valence-corrected chi connectivity index (χ3v) is 5.19. The van der Waals surface area contributed by atoms with Crippen molar-refractivity contribution in [1.82, 2.24) is 4.90 Å². The molecule has 1 heterocycles. The summed E-state index contributed by atoms with van der Waals surface area (Å²) in [6.07, 6.45) is 6.52. The van der Waals surface area contributed by atoms with Gasteiger partial charge in [0, 0.05) is 18.6 Å². The summed E-state index contributed by atoms with van der Waals surface area (Å²) in [5.41, 5.74) is 7.94. The van der Waals surface area contributed by atoms with E-state index >= 15 is 0 Å². The number of nitrogens with zero attached hydrogens (tertiary/aromatic N) is 1. The molecular weight excluding hydrogens is 264 g/mol. The lowest BCUT2D eigenvalue weighted by Gasteiger charge is -2.40. The lowest BCUT2D eigenvalue weighted by atomic mass is 9.95. The van der Waals surface area contributed by atoms with Crippen molar-refractivity contribution in [3.05, 3.63) is 22.4 Å². The second kappa shape index (κ2) is 7.58. The Balaban J connectivity index is 2.24. The van der Waals surface area contributed by atoms with Gasteiger partial charge in [0.1, 0.15) is 0 Å². The van der Waals surface area contributed by atoms with E-state index in [1.54, 1.807) is 11.3 Å². The van der Waals surface area contributed by atoms with Gasteiger partial charge in [-0.3, -0.25) is 4.90 Å². The van der Waals surface area contributed by atoms with Crippen molar-refractivity contribution in [1.29, 1.82) is 0 Å². The normalized spacial score (nSPS) is 19.9. The molecule has 0 aliphatic heterocycles. The Morgan fingerprint density at radius 2 is 2.05 bits per heavy atom. The molecule has 2 nitrogen and oxygen atoms in total. The first kappa shape index (κ1) is 16.0. The summed E-state index contributed by atoms with van der Waals surface area (Å²) >= 11 is 1.79. The van der Waals surface area contributed by atoms with Crippen molar-refractivity contribution in [2.24, 2.45) is 11.7 Å². The molecule has 0 amide bonds. The van der Waals surface area contributed by atoms with E-state index in [-0.39, 0.29) is 6.04 Å². The van der Waals surface area contributed by atoms with E-state index in [9.17, 15) is 0 Å². The second-order valence-electron chi connectivity index (χ2n) is 6.60. The molecule has 1 fully saturated rings. The van der Waals surface area contributed by atoms with E-state index in [1.165, 1.54) is 37.8 Å². The summed E-state index contributed by atoms with van der Waals surface area (Å²) < 4.78 is 0. The molecule has 2 atom stereocenters. The Bertz CT molecular complexity index is 368. The van der Waals surface area contributed by atoms with E-state index in [4.69, 9.17) is 5.73 Å². The van der Waals surface area contributed by atoms with Crippen LogP contribution in [0.3, 0.4) is 0 Å². The van der Waals surface area contributed by atoms with Crippen molar-refractivity contribution in [2.45, 2.75) is 71.0 Å². The van der Waals surface area contributed by atoms with Crippen molar-refractivity contribution in [3.63, 3.8) is 0 Å². The van der Waals surface area contributed by atoms with Crippen LogP contribution in [0, 0.1) is 5.92 Å². The molecule has 1 aromatic rings. The molecule has 114 valence electrons. The van der Waals surface area contributed by atoms with Crippen LogP contribution in [0.5, 0.6) is 0 Å². The van der Waals surface area contributed by atoms with Crippen molar-refractivity contribution < 1.29 is 0 Å². The van der Waals surface area contributed by atoms with Gasteiger partial charge in [-0.05, 0) is 47.6 Å². The van der Waals surface area contributed by atoms with Crippen LogP contribution in [-0.2, 0) is 0 Å². The smallest absolute Gasteiger partial charge is 0.0510 e. The van der Waals surface area contributed by atoms with E-state index in [0.29, 0.717) is 12.0 Å². The number of rotatable bonds is 7. The third kappa shape index (κ3) is 3.84. The van der Waals surface area contributed by atoms with Crippen LogP contribution in [0.15, 0.2) is 16.8 Å². The highest BCUT2D eigenvalue weighted by Gasteiger charge is 2.33. The molecule has 1 aliphatic carbocycles. The maximum Gasteiger partial charge on any atom is 0.0510 e. The van der Waals surface area contributed by atoms with Gasteiger partial charge >= 0.3 is 0 Å². The molecule has 0 radical (unpaired) electrons. The van der Waals surface area contributed by atoms with Gasteiger partial charge in [0.25, 0.3) is 0 Å². The molecule has 2 N–H and O–H groups in total. The van der Waals surface area contributed by atoms with Crippen LogP contribution in [-0.4, -0.2) is 23.5 Å². The van der Waals surface area contributed by atoms with Crippen LogP contribution in [0.25, 0.3) is 0 Å². The van der Waals surface area contributed by atoms with E-state index in [1.807, 2.05) is 0 Å². The Morgan fingerprint density at radius 3 is 2.55 bits per heavy atom. The maximum atomic E-state index is 6.52. The molecule has 1 aromatic heterocycles. The molecule has 1 saturated carbocycles. The third-order valence-electron chi connectivity index (χ3n) is 4.49. The van der Waals surface area contributed by atoms with Gasteiger partial charge in [-0.2, -0.15) is 11.3 Å². The summed E-state index contributed by atoms with van der Waals surface area (Å²) in [4.78, 5) is 2.73. The highest BCUT2D eigenvalue weighted by atomic mass is 32.1. The predicted octanol–water partition coefficient (Wildman–Crippen LogP) is 4.43. The van der Waals surface area contributed by atoms with Crippen LogP contribution in [0.1, 0.15) is 64.5 Å². The Labute approximate surface area is 128 Å². The summed E-state index contributed by atoms with van der Waals surface area (Å²) in [7, 11) is 0. The number of thiophene rings is 1. The summed E-state index contributed by atoms with van der Waals surface area (Å²) in [6.45, 7) is 8.03. The monoisotopic (exact) mass is 294 g/mol. The van der Waals surface area contributed by atoms with E-state index < -0.39 is 0 Å². The quantitative estimate of drug-likeness (QED) is 0.806. The van der Waals surface area contributed by atoms with Crippen LogP contribution < -0.4 is 5.73 Å². The fourth-order valence-electron chi connectivity index (χ4n) is 3.50. The lowest BCUT2D eigenvalue weighted by molar-refractivity contribution is 0.0992. The first-order valence-electron chi connectivity index (χ1n) is 8.16. The maximum absolute atomic E-state index is 6.52. The van der Waals surface area contributed by atoms with Gasteiger partial charge in [-0.1, -0.05) is 33.6 Å². The summed E-state index contributed by atoms with van der Waals surface area (Å²) in [6, 6.07) is 3.65. The van der Waals surface area contributed by atoms with Gasteiger partial charge in [0.2, 0.25) is 0 Å². The molecule has 3 heteroatoms. The molecule has 1 aliphatic rings. The van der Waals surface area contributed by atoms with Crippen LogP contribution >= 0.6 is 11.3 Å². The zero-order chi connectivity index (χ0) is 14.5. The van der Waals surface area contributed by atoms with Crippen LogP contribution in [0.2, 0.25) is 0 Å². The molecule has 0 spiro atoms. The van der Waals surface area contributed by atoms with Gasteiger partial charge in [-0.15, -0.1) is 0 Å². The van der Waals surface area contributed by atoms with Crippen molar-refractivity contribution in [2.75, 3.05) is 6.54 Å². The summed E-state index contributed by atoms with van der Waals surface area (Å²) in [5, 5.41) is 4.48. The minimum Gasteiger partial charge on any atom is -0.326 e. The molecule has 20 heavy (non-hydrogen) atoms. The second-order valence-corrected chi connectivity index (χ2v) is 7.38. The average Bonchev–Trinajstić information content (AvgIpc) is 3.10. The lowest BCUT2D eigenvalue weighted by Crippen LogP contribution is -2.46. The molecule has 2 rings (SSSR count). The van der Waals surface area contributed by atoms with Crippen LogP contribution in [0.4, 0.5) is 0 Å². The highest BCUT2D eigenvalue weighted by molar-refractivity contribution is 7.07. The van der Waals surface area contributed by atoms with E-state index in [0.717, 1.165) is 12.5 Å². The minimum atomic E-state index is 0.240. The SMILES string of the molecule is CCC(N)C(c1ccsc1)N(CC(C)C)C1CCCC1. The van der Waals surface area contributed by atoms with Crippen molar-refractivity contribution >= 4 is 11.3 Å². The largest absolute Gasteiger partial charge is 0.326 e. The molecule has 0 aromatic carbocycles. The molecular formula is C17H30N2S. The van der Waals surface area contributed by atoms with E-state index in [2.05, 4.69) is 42.5 Å². The molecule has 2 unspecified atom stereocenters. The zero-order valence-corrected chi connectivity index (χ0v) is 14.0. The molecule has 0 saturated heterocycles. The highest BCUT2D eigenvalue weighted by Crippen LogP contribution is 2.34. The number of hydrogen-bond acceptors (Lipinski definition) is 3. The standard InChI is InChI=1S/C17H30N2S/c1-4-16(18)17(14-9-10-20-12-14)19(11-13(2)3)15-7-5-6-8-15/h9-10,12-13,15-17H,4-8,11,18H2,1-3H3. The van der Waals surface area contributed by atoms with Crippen molar-refractivity contribution in [3.8, 4) is 0 Å². The van der Waals surface area contributed by atoms with Gasteiger partial charge in [0.15, 0.2) is 0 Å². The van der Waals surface area contributed by atoms with Gasteiger partial charge in [-0.25, -0.2) is 0 Å². The zero-order valence-electron chi connectivity index (χ0n) is 13.2. The predicted molar refractivity (Wildman–Crippen MR) is 89.1 cm³/mol.